The molecule has 1 N–H and O–H groups in total. The molecule has 0 aliphatic heterocycles. The molecule has 3 heteroatoms. The number of fused-ring (bicyclic) bond motifs is 7. The van der Waals surface area contributed by atoms with Crippen LogP contribution in [0.4, 0.5) is 0 Å². The molecule has 0 saturated heterocycles. The monoisotopic (exact) mass is 455 g/mol. The third kappa shape index (κ3) is 2.80. The lowest BCUT2D eigenvalue weighted by Crippen LogP contribution is -2.67. The van der Waals surface area contributed by atoms with Crippen LogP contribution in [0.1, 0.15) is 113 Å². The van der Waals surface area contributed by atoms with E-state index in [1.807, 2.05) is 0 Å². The van der Waals surface area contributed by atoms with Crippen molar-refractivity contribution in [2.75, 3.05) is 0 Å². The average Bonchev–Trinajstić information content (AvgIpc) is 3.09. The first-order chi connectivity index (χ1) is 15.3. The van der Waals surface area contributed by atoms with E-state index in [1.54, 1.807) is 0 Å². The molecule has 0 heterocycles. The lowest BCUT2D eigenvalue weighted by Gasteiger charge is -2.72. The molecule has 186 valence electrons. The number of oxime groups is 1. The zero-order valence-corrected chi connectivity index (χ0v) is 22.6. The number of carbonyl (C=O) groups excluding carboxylic acids is 1. The maximum absolute atomic E-state index is 13.2. The Morgan fingerprint density at radius 3 is 2.18 bits per heavy atom. The van der Waals surface area contributed by atoms with Gasteiger partial charge in [-0.05, 0) is 109 Å². The van der Waals surface area contributed by atoms with E-state index in [2.05, 4.69) is 60.5 Å². The van der Waals surface area contributed by atoms with Crippen molar-refractivity contribution in [2.24, 2.45) is 67.7 Å². The van der Waals surface area contributed by atoms with Crippen molar-refractivity contribution < 1.29 is 10.0 Å². The second-order valence-corrected chi connectivity index (χ2v) is 15.1. The molecule has 0 aromatic heterocycles. The fourth-order valence-electron chi connectivity index (χ4n) is 11.6. The number of carbonyl (C=O) groups is 1. The number of Topliss-reactive ketones (excluding diaryl/α,β-unsaturated/α-hetero) is 1. The van der Waals surface area contributed by atoms with Crippen LogP contribution in [0.25, 0.3) is 0 Å². The lowest BCUT2D eigenvalue weighted by molar-refractivity contribution is -0.228. The molecule has 0 unspecified atom stereocenters. The first-order valence-electron chi connectivity index (χ1n) is 14.0. The Balaban J connectivity index is 1.57. The molecule has 0 spiro atoms. The van der Waals surface area contributed by atoms with E-state index in [-0.39, 0.29) is 11.2 Å². The van der Waals surface area contributed by atoms with Crippen LogP contribution in [0.15, 0.2) is 5.16 Å². The number of ketones is 1. The summed E-state index contributed by atoms with van der Waals surface area (Å²) in [5.41, 5.74) is 1.24. The van der Waals surface area contributed by atoms with Crippen LogP contribution >= 0.6 is 0 Å². The Morgan fingerprint density at radius 2 is 1.55 bits per heavy atom. The maximum Gasteiger partial charge on any atom is 0.186 e. The van der Waals surface area contributed by atoms with Crippen molar-refractivity contribution in [3.8, 4) is 0 Å². The van der Waals surface area contributed by atoms with E-state index in [9.17, 15) is 10.0 Å². The second-order valence-electron chi connectivity index (χ2n) is 15.1. The summed E-state index contributed by atoms with van der Waals surface area (Å²) in [7, 11) is 0. The molecule has 0 aromatic rings. The van der Waals surface area contributed by atoms with Crippen LogP contribution in [0.2, 0.25) is 0 Å². The van der Waals surface area contributed by atoms with Gasteiger partial charge in [-0.25, -0.2) is 0 Å². The highest BCUT2D eigenvalue weighted by Crippen LogP contribution is 2.77. The molecule has 0 aromatic carbocycles. The molecule has 33 heavy (non-hydrogen) atoms. The highest BCUT2D eigenvalue weighted by Gasteiger charge is 2.71. The van der Waals surface area contributed by atoms with Crippen LogP contribution in [-0.4, -0.2) is 16.7 Å². The van der Waals surface area contributed by atoms with Crippen LogP contribution < -0.4 is 0 Å². The van der Waals surface area contributed by atoms with Gasteiger partial charge in [-0.1, -0.05) is 60.5 Å². The van der Waals surface area contributed by atoms with Gasteiger partial charge in [0, 0.05) is 11.8 Å². The van der Waals surface area contributed by atoms with Gasteiger partial charge in [-0.2, -0.15) is 0 Å². The standard InChI is InChI=1S/C30H49NO2/c1-18(2)19-11-13-27(5)15-16-29(7)20(24(19)27)9-10-23-28(6)17-21(31-33)25(32)26(3,4)22(28)12-14-30(23,29)8/h18-20,22-24,33H,9-17H2,1-8H3/b31-21+/t19-,20+,22-,23+,24+,27+,28+,29+,30+/m0/s1. The molecule has 0 amide bonds. The van der Waals surface area contributed by atoms with Crippen molar-refractivity contribution in [1.82, 2.24) is 0 Å². The van der Waals surface area contributed by atoms with Crippen molar-refractivity contribution in [3.63, 3.8) is 0 Å². The molecular formula is C30H49NO2. The summed E-state index contributed by atoms with van der Waals surface area (Å²) >= 11 is 0. The Labute approximate surface area is 202 Å². The predicted octanol–water partition coefficient (Wildman–Crippen LogP) is 7.75. The first-order valence-corrected chi connectivity index (χ1v) is 14.0. The Kier molecular flexibility index (Phi) is 5.13. The van der Waals surface area contributed by atoms with Crippen molar-refractivity contribution in [3.05, 3.63) is 0 Å². The molecule has 5 fully saturated rings. The van der Waals surface area contributed by atoms with Crippen LogP contribution in [-0.2, 0) is 4.79 Å². The molecule has 5 aliphatic carbocycles. The SMILES string of the molecule is CC(C)[C@@H]1CC[C@]2(C)CC[C@]3(C)[C@H](CC[C@@H]4[C@]5(C)C/C(=N\O)C(=O)C(C)(C)[C@@H]5CC[C@]43C)[C@@H]12. The third-order valence-corrected chi connectivity index (χ3v) is 13.4. The first kappa shape index (κ1) is 23.9. The minimum absolute atomic E-state index is 0.0355. The minimum atomic E-state index is -0.438. The van der Waals surface area contributed by atoms with E-state index < -0.39 is 5.41 Å². The number of hydrogen-bond acceptors (Lipinski definition) is 3. The summed E-state index contributed by atoms with van der Waals surface area (Å²) in [6, 6.07) is 0. The van der Waals surface area contributed by atoms with Crippen molar-refractivity contribution in [1.29, 1.82) is 0 Å². The van der Waals surface area contributed by atoms with Gasteiger partial charge in [-0.15, -0.1) is 0 Å². The second kappa shape index (κ2) is 7.10. The summed E-state index contributed by atoms with van der Waals surface area (Å²) in [6.45, 7) is 19.6. The Hall–Kier alpha value is -0.860. The highest BCUT2D eigenvalue weighted by atomic mass is 16.4. The summed E-state index contributed by atoms with van der Waals surface area (Å²) < 4.78 is 0. The largest absolute Gasteiger partial charge is 0.411 e. The van der Waals surface area contributed by atoms with Gasteiger partial charge in [0.2, 0.25) is 0 Å². The van der Waals surface area contributed by atoms with Crippen LogP contribution in [0, 0.1) is 62.6 Å². The average molecular weight is 456 g/mol. The smallest absolute Gasteiger partial charge is 0.186 e. The molecule has 3 nitrogen and oxygen atoms in total. The Bertz CT molecular complexity index is 875. The topological polar surface area (TPSA) is 49.7 Å². The molecule has 9 atom stereocenters. The molecule has 5 rings (SSSR count). The fraction of sp³-hybridized carbons (Fsp3) is 0.933. The molecule has 5 saturated carbocycles. The van der Waals surface area contributed by atoms with Gasteiger partial charge in [0.1, 0.15) is 5.71 Å². The lowest BCUT2D eigenvalue weighted by atomic mass is 9.32. The van der Waals surface area contributed by atoms with E-state index in [0.29, 0.717) is 40.2 Å². The zero-order chi connectivity index (χ0) is 24.2. The quantitative estimate of drug-likeness (QED) is 0.324. The number of hydrogen-bond donors (Lipinski definition) is 1. The summed E-state index contributed by atoms with van der Waals surface area (Å²) in [5.74, 6) is 4.42. The molecule has 0 radical (unpaired) electrons. The summed E-state index contributed by atoms with van der Waals surface area (Å²) in [4.78, 5) is 13.2. The van der Waals surface area contributed by atoms with E-state index in [0.717, 1.165) is 30.1 Å². The molecule has 5 aliphatic rings. The van der Waals surface area contributed by atoms with Crippen LogP contribution in [0.5, 0.6) is 0 Å². The zero-order valence-electron chi connectivity index (χ0n) is 22.6. The van der Waals surface area contributed by atoms with Gasteiger partial charge >= 0.3 is 0 Å². The normalized spacial score (nSPS) is 54.5. The van der Waals surface area contributed by atoms with Gasteiger partial charge in [-0.3, -0.25) is 4.79 Å². The summed E-state index contributed by atoms with van der Waals surface area (Å²) in [6.07, 6.45) is 11.3. The van der Waals surface area contributed by atoms with E-state index in [1.165, 1.54) is 44.9 Å². The van der Waals surface area contributed by atoms with Gasteiger partial charge in [0.15, 0.2) is 5.78 Å². The number of rotatable bonds is 1. The van der Waals surface area contributed by atoms with Crippen molar-refractivity contribution >= 4 is 11.5 Å². The molecule has 0 bridgehead atoms. The van der Waals surface area contributed by atoms with Gasteiger partial charge < -0.3 is 5.21 Å². The van der Waals surface area contributed by atoms with Gasteiger partial charge in [0.05, 0.1) is 0 Å². The third-order valence-electron chi connectivity index (χ3n) is 13.4. The maximum atomic E-state index is 13.2. The predicted molar refractivity (Wildman–Crippen MR) is 134 cm³/mol. The fourth-order valence-corrected chi connectivity index (χ4v) is 11.6. The van der Waals surface area contributed by atoms with Gasteiger partial charge in [0.25, 0.3) is 0 Å². The number of nitrogens with zero attached hydrogens (tertiary/aromatic N) is 1. The highest BCUT2D eigenvalue weighted by molar-refractivity contribution is 6.42. The summed E-state index contributed by atoms with van der Waals surface area (Å²) in [5, 5.41) is 13.3. The van der Waals surface area contributed by atoms with E-state index >= 15 is 0 Å². The van der Waals surface area contributed by atoms with Crippen molar-refractivity contribution in [2.45, 2.75) is 113 Å². The molecular weight excluding hydrogens is 406 g/mol. The van der Waals surface area contributed by atoms with Crippen LogP contribution in [0.3, 0.4) is 0 Å². The van der Waals surface area contributed by atoms with E-state index in [4.69, 9.17) is 0 Å². The Morgan fingerprint density at radius 1 is 0.848 bits per heavy atom. The minimum Gasteiger partial charge on any atom is -0.411 e.